The Morgan fingerprint density at radius 2 is 1.87 bits per heavy atom. The smallest absolute Gasteiger partial charge is 0.129 e. The molecule has 2 atom stereocenters. The lowest BCUT2D eigenvalue weighted by atomic mass is 10.0. The third-order valence-electron chi connectivity index (χ3n) is 5.07. The summed E-state index contributed by atoms with van der Waals surface area (Å²) in [5, 5.41) is 0. The first-order valence-electron chi connectivity index (χ1n) is 8.36. The number of hydrogen-bond donors (Lipinski definition) is 0. The Hall–Kier alpha value is -2.20. The molecule has 116 valence electrons. The van der Waals surface area contributed by atoms with E-state index < -0.39 is 0 Å². The average molecular weight is 305 g/mol. The van der Waals surface area contributed by atoms with Crippen LogP contribution in [0.4, 0.5) is 5.82 Å². The maximum absolute atomic E-state index is 5.93. The van der Waals surface area contributed by atoms with Gasteiger partial charge in [-0.05, 0) is 30.5 Å². The Kier molecular flexibility index (Phi) is 2.98. The van der Waals surface area contributed by atoms with E-state index in [0.717, 1.165) is 31.2 Å². The molecule has 0 amide bonds. The van der Waals surface area contributed by atoms with Gasteiger partial charge in [0, 0.05) is 30.4 Å². The summed E-state index contributed by atoms with van der Waals surface area (Å²) >= 11 is 0. The molecule has 23 heavy (non-hydrogen) atoms. The molecule has 2 unspecified atom stereocenters. The minimum Gasteiger partial charge on any atom is -0.371 e. The standard InChI is InChI=1S/C19H19N3O/c1-2-4-17-14(3-1)10-21-19(17)13-7-8-20-18(9-13)22-11-15-5-6-16(12-22)23-15/h1-4,7-9,15-16H,5-6,10-12H2. The molecule has 0 aliphatic carbocycles. The molecule has 4 heteroatoms. The molecule has 0 saturated carbocycles. The zero-order valence-electron chi connectivity index (χ0n) is 13.0. The molecule has 2 saturated heterocycles. The van der Waals surface area contributed by atoms with Gasteiger partial charge in [-0.2, -0.15) is 0 Å². The maximum Gasteiger partial charge on any atom is 0.129 e. The fourth-order valence-corrected chi connectivity index (χ4v) is 3.93. The van der Waals surface area contributed by atoms with E-state index in [9.17, 15) is 0 Å². The summed E-state index contributed by atoms with van der Waals surface area (Å²) in [7, 11) is 0. The van der Waals surface area contributed by atoms with Gasteiger partial charge in [-0.15, -0.1) is 0 Å². The van der Waals surface area contributed by atoms with Crippen molar-refractivity contribution in [1.82, 2.24) is 4.98 Å². The zero-order chi connectivity index (χ0) is 15.2. The number of aromatic nitrogens is 1. The van der Waals surface area contributed by atoms with Gasteiger partial charge in [0.1, 0.15) is 5.82 Å². The number of benzene rings is 1. The van der Waals surface area contributed by atoms with Crippen molar-refractivity contribution >= 4 is 11.5 Å². The molecule has 4 heterocycles. The molecule has 5 rings (SSSR count). The monoisotopic (exact) mass is 305 g/mol. The van der Waals surface area contributed by atoms with E-state index in [0.29, 0.717) is 12.2 Å². The van der Waals surface area contributed by atoms with Gasteiger partial charge in [0.2, 0.25) is 0 Å². The number of nitrogens with zero attached hydrogens (tertiary/aromatic N) is 3. The van der Waals surface area contributed by atoms with E-state index in [-0.39, 0.29) is 0 Å². The summed E-state index contributed by atoms with van der Waals surface area (Å²) in [6, 6.07) is 12.7. The van der Waals surface area contributed by atoms with Crippen molar-refractivity contribution < 1.29 is 4.74 Å². The number of ether oxygens (including phenoxy) is 1. The van der Waals surface area contributed by atoms with Crippen LogP contribution in [0.15, 0.2) is 47.6 Å². The van der Waals surface area contributed by atoms with Crippen molar-refractivity contribution in [2.75, 3.05) is 18.0 Å². The van der Waals surface area contributed by atoms with Crippen LogP contribution in [0, 0.1) is 0 Å². The Bertz CT molecular complexity index is 774. The molecular formula is C19H19N3O. The van der Waals surface area contributed by atoms with Crippen LogP contribution in [0.1, 0.15) is 29.5 Å². The van der Waals surface area contributed by atoms with Gasteiger partial charge in [-0.3, -0.25) is 4.99 Å². The van der Waals surface area contributed by atoms with Crippen molar-refractivity contribution in [2.24, 2.45) is 4.99 Å². The molecule has 2 bridgehead atoms. The van der Waals surface area contributed by atoms with Gasteiger partial charge in [-0.25, -0.2) is 4.98 Å². The molecule has 0 radical (unpaired) electrons. The third kappa shape index (κ3) is 2.25. The highest BCUT2D eigenvalue weighted by Crippen LogP contribution is 2.30. The van der Waals surface area contributed by atoms with Crippen molar-refractivity contribution in [3.8, 4) is 0 Å². The number of hydrogen-bond acceptors (Lipinski definition) is 4. The van der Waals surface area contributed by atoms with Gasteiger partial charge in [-0.1, -0.05) is 24.3 Å². The topological polar surface area (TPSA) is 37.7 Å². The maximum atomic E-state index is 5.93. The SMILES string of the molecule is c1ccc2c(c1)CN=C2c1ccnc(N2CC3CCC(C2)O3)c1. The number of pyridine rings is 1. The molecule has 0 spiro atoms. The fourth-order valence-electron chi connectivity index (χ4n) is 3.93. The summed E-state index contributed by atoms with van der Waals surface area (Å²) in [5.41, 5.74) is 4.83. The van der Waals surface area contributed by atoms with Crippen molar-refractivity contribution in [2.45, 2.75) is 31.6 Å². The molecule has 2 aromatic rings. The van der Waals surface area contributed by atoms with Crippen LogP contribution >= 0.6 is 0 Å². The predicted octanol–water partition coefficient (Wildman–Crippen LogP) is 2.80. The Balaban J connectivity index is 1.47. The Labute approximate surface area is 135 Å². The largest absolute Gasteiger partial charge is 0.371 e. The van der Waals surface area contributed by atoms with Crippen LogP contribution in [-0.4, -0.2) is 36.0 Å². The third-order valence-corrected chi connectivity index (χ3v) is 5.07. The molecule has 3 aliphatic heterocycles. The first-order chi connectivity index (χ1) is 11.4. The van der Waals surface area contributed by atoms with E-state index in [1.54, 1.807) is 0 Å². The van der Waals surface area contributed by atoms with Gasteiger partial charge in [0.15, 0.2) is 0 Å². The number of morpholine rings is 1. The van der Waals surface area contributed by atoms with Gasteiger partial charge < -0.3 is 9.64 Å². The lowest BCUT2D eigenvalue weighted by Gasteiger charge is -2.33. The minimum absolute atomic E-state index is 0.378. The minimum atomic E-state index is 0.378. The van der Waals surface area contributed by atoms with Crippen LogP contribution < -0.4 is 4.90 Å². The predicted molar refractivity (Wildman–Crippen MR) is 90.1 cm³/mol. The molecule has 1 aromatic carbocycles. The highest BCUT2D eigenvalue weighted by Gasteiger charge is 2.34. The van der Waals surface area contributed by atoms with Crippen LogP contribution in [0.3, 0.4) is 0 Å². The lowest BCUT2D eigenvalue weighted by molar-refractivity contribution is 0.0302. The Morgan fingerprint density at radius 1 is 1.04 bits per heavy atom. The summed E-state index contributed by atoms with van der Waals surface area (Å²) in [5.74, 6) is 1.05. The van der Waals surface area contributed by atoms with E-state index in [1.807, 2.05) is 6.20 Å². The van der Waals surface area contributed by atoms with E-state index >= 15 is 0 Å². The second-order valence-electron chi connectivity index (χ2n) is 6.59. The van der Waals surface area contributed by atoms with E-state index in [4.69, 9.17) is 9.73 Å². The highest BCUT2D eigenvalue weighted by molar-refractivity contribution is 6.15. The number of anilines is 1. The zero-order valence-corrected chi connectivity index (χ0v) is 13.0. The summed E-state index contributed by atoms with van der Waals surface area (Å²) in [4.78, 5) is 11.7. The second-order valence-corrected chi connectivity index (χ2v) is 6.59. The summed E-state index contributed by atoms with van der Waals surface area (Å²) < 4.78 is 5.93. The molecule has 0 N–H and O–H groups in total. The van der Waals surface area contributed by atoms with Gasteiger partial charge in [0.25, 0.3) is 0 Å². The summed E-state index contributed by atoms with van der Waals surface area (Å²) in [6.07, 6.45) is 5.03. The molecule has 1 aromatic heterocycles. The Morgan fingerprint density at radius 3 is 2.74 bits per heavy atom. The van der Waals surface area contributed by atoms with Gasteiger partial charge in [0.05, 0.1) is 24.5 Å². The van der Waals surface area contributed by atoms with Crippen LogP contribution in [0.2, 0.25) is 0 Å². The van der Waals surface area contributed by atoms with Crippen LogP contribution in [-0.2, 0) is 11.3 Å². The van der Waals surface area contributed by atoms with E-state index in [1.165, 1.54) is 29.5 Å². The molecule has 3 aliphatic rings. The van der Waals surface area contributed by atoms with Gasteiger partial charge >= 0.3 is 0 Å². The molecule has 4 nitrogen and oxygen atoms in total. The first-order valence-corrected chi connectivity index (χ1v) is 8.36. The average Bonchev–Trinajstić information content (AvgIpc) is 3.18. The second kappa shape index (κ2) is 5.17. The van der Waals surface area contributed by atoms with E-state index in [2.05, 4.69) is 46.3 Å². The number of fused-ring (bicyclic) bond motifs is 3. The van der Waals surface area contributed by atoms with Crippen molar-refractivity contribution in [3.63, 3.8) is 0 Å². The first kappa shape index (κ1) is 13.3. The quantitative estimate of drug-likeness (QED) is 0.856. The normalized spacial score (nSPS) is 25.4. The number of rotatable bonds is 2. The molecular weight excluding hydrogens is 286 g/mol. The summed E-state index contributed by atoms with van der Waals surface area (Å²) in [6.45, 7) is 2.69. The van der Waals surface area contributed by atoms with Crippen LogP contribution in [0.25, 0.3) is 0 Å². The molecule has 2 fully saturated rings. The lowest BCUT2D eigenvalue weighted by Crippen LogP contribution is -2.43. The highest BCUT2D eigenvalue weighted by atomic mass is 16.5. The fraction of sp³-hybridized carbons (Fsp3) is 0.368. The van der Waals surface area contributed by atoms with Crippen molar-refractivity contribution in [3.05, 3.63) is 59.3 Å². The van der Waals surface area contributed by atoms with Crippen molar-refractivity contribution in [1.29, 1.82) is 0 Å². The van der Waals surface area contributed by atoms with Crippen LogP contribution in [0.5, 0.6) is 0 Å². The number of aliphatic imine (C=N–C) groups is 1.